The Labute approximate surface area is 167 Å². The van der Waals surface area contributed by atoms with Crippen molar-refractivity contribution < 1.29 is 19.1 Å². The SMILES string of the molecule is CC(=O)c1cc2c(cc1NC(=O)CSc1nc(C)c(C)c(C)c1C#N)OCO2. The standard InChI is InChI=1S/C20H19N3O4S/c1-10-11(2)15(7-21)20(22-12(10)3)28-8-19(25)23-16-6-18-17(26-9-27-18)5-14(16)13(4)24/h5-6H,8-9H2,1-4H3,(H,23,25). The summed E-state index contributed by atoms with van der Waals surface area (Å²) in [4.78, 5) is 28.8. The molecule has 0 spiro atoms. The Morgan fingerprint density at radius 3 is 2.54 bits per heavy atom. The number of rotatable bonds is 5. The number of nitrogens with zero attached hydrogens (tertiary/aromatic N) is 2. The molecular formula is C20H19N3O4S. The minimum absolute atomic E-state index is 0.0510. The topological polar surface area (TPSA) is 101 Å². The lowest BCUT2D eigenvalue weighted by Gasteiger charge is -2.12. The number of hydrogen-bond donors (Lipinski definition) is 1. The minimum Gasteiger partial charge on any atom is -0.454 e. The molecule has 2 heterocycles. The normalized spacial score (nSPS) is 11.8. The monoisotopic (exact) mass is 397 g/mol. The number of pyridine rings is 1. The van der Waals surface area contributed by atoms with Crippen LogP contribution in [0.25, 0.3) is 0 Å². The summed E-state index contributed by atoms with van der Waals surface area (Å²) in [6.45, 7) is 7.16. The number of fused-ring (bicyclic) bond motifs is 1. The van der Waals surface area contributed by atoms with Gasteiger partial charge in [0, 0.05) is 17.3 Å². The third kappa shape index (κ3) is 3.80. The van der Waals surface area contributed by atoms with Crippen LogP contribution >= 0.6 is 11.8 Å². The van der Waals surface area contributed by atoms with Crippen molar-refractivity contribution in [3.05, 3.63) is 40.1 Å². The summed E-state index contributed by atoms with van der Waals surface area (Å²) in [5.41, 5.74) is 3.86. The summed E-state index contributed by atoms with van der Waals surface area (Å²) in [5, 5.41) is 12.7. The highest BCUT2D eigenvalue weighted by Gasteiger charge is 2.21. The molecule has 1 amide bonds. The fraction of sp³-hybridized carbons (Fsp3) is 0.300. The Balaban J connectivity index is 1.78. The molecule has 7 nitrogen and oxygen atoms in total. The first-order chi connectivity index (χ1) is 13.3. The van der Waals surface area contributed by atoms with Gasteiger partial charge >= 0.3 is 0 Å². The average Bonchev–Trinajstić information content (AvgIpc) is 3.11. The first-order valence-electron chi connectivity index (χ1n) is 8.57. The molecule has 0 bridgehead atoms. The average molecular weight is 397 g/mol. The first-order valence-corrected chi connectivity index (χ1v) is 9.55. The van der Waals surface area contributed by atoms with Crippen LogP contribution in [0.2, 0.25) is 0 Å². The Kier molecular flexibility index (Phi) is 5.56. The Hall–Kier alpha value is -3.05. The van der Waals surface area contributed by atoms with Gasteiger partial charge in [-0.1, -0.05) is 11.8 Å². The largest absolute Gasteiger partial charge is 0.454 e. The molecule has 1 N–H and O–H groups in total. The van der Waals surface area contributed by atoms with Crippen LogP contribution in [-0.2, 0) is 4.79 Å². The van der Waals surface area contributed by atoms with Gasteiger partial charge in [-0.3, -0.25) is 9.59 Å². The number of nitrogens with one attached hydrogen (secondary N) is 1. The molecule has 0 saturated carbocycles. The number of amides is 1. The number of Topliss-reactive ketones (excluding diaryl/α,β-unsaturated/α-hetero) is 1. The van der Waals surface area contributed by atoms with Crippen molar-refractivity contribution in [2.24, 2.45) is 0 Å². The van der Waals surface area contributed by atoms with E-state index in [4.69, 9.17) is 9.47 Å². The van der Waals surface area contributed by atoms with Crippen LogP contribution in [-0.4, -0.2) is 29.2 Å². The molecule has 0 radical (unpaired) electrons. The number of carbonyl (C=O) groups is 2. The molecule has 2 aromatic rings. The van der Waals surface area contributed by atoms with E-state index < -0.39 is 0 Å². The molecule has 3 rings (SSSR count). The van der Waals surface area contributed by atoms with Crippen molar-refractivity contribution in [1.82, 2.24) is 4.98 Å². The van der Waals surface area contributed by atoms with E-state index >= 15 is 0 Å². The van der Waals surface area contributed by atoms with Gasteiger partial charge in [-0.25, -0.2) is 4.98 Å². The van der Waals surface area contributed by atoms with Gasteiger partial charge in [0.2, 0.25) is 12.7 Å². The number of ketones is 1. The second kappa shape index (κ2) is 7.90. The molecule has 1 aliphatic rings. The molecule has 8 heteroatoms. The van der Waals surface area contributed by atoms with E-state index in [-0.39, 0.29) is 24.2 Å². The van der Waals surface area contributed by atoms with Gasteiger partial charge in [0.25, 0.3) is 0 Å². The summed E-state index contributed by atoms with van der Waals surface area (Å²) >= 11 is 1.19. The number of aromatic nitrogens is 1. The second-order valence-electron chi connectivity index (χ2n) is 6.38. The molecule has 0 unspecified atom stereocenters. The summed E-state index contributed by atoms with van der Waals surface area (Å²) in [6, 6.07) is 5.32. The lowest BCUT2D eigenvalue weighted by Crippen LogP contribution is -2.16. The molecule has 1 aromatic heterocycles. The van der Waals surface area contributed by atoms with E-state index in [0.717, 1.165) is 16.8 Å². The first kappa shape index (κ1) is 19.7. The third-order valence-corrected chi connectivity index (χ3v) is 5.56. The zero-order valence-electron chi connectivity index (χ0n) is 16.0. The number of aryl methyl sites for hydroxylation is 1. The predicted molar refractivity (Wildman–Crippen MR) is 105 cm³/mol. The van der Waals surface area contributed by atoms with Gasteiger partial charge in [0.05, 0.1) is 17.0 Å². The lowest BCUT2D eigenvalue weighted by atomic mass is 10.1. The van der Waals surface area contributed by atoms with E-state index in [1.165, 1.54) is 18.7 Å². The molecular weight excluding hydrogens is 378 g/mol. The zero-order valence-corrected chi connectivity index (χ0v) is 16.8. The van der Waals surface area contributed by atoms with Gasteiger partial charge in [-0.15, -0.1) is 0 Å². The second-order valence-corrected chi connectivity index (χ2v) is 7.35. The molecule has 0 saturated heterocycles. The smallest absolute Gasteiger partial charge is 0.234 e. The number of nitriles is 1. The summed E-state index contributed by atoms with van der Waals surface area (Å²) in [5.74, 6) is 0.500. The van der Waals surface area contributed by atoms with Crippen molar-refractivity contribution in [1.29, 1.82) is 5.26 Å². The molecule has 144 valence electrons. The summed E-state index contributed by atoms with van der Waals surface area (Å²) < 4.78 is 10.6. The maximum Gasteiger partial charge on any atom is 0.234 e. The van der Waals surface area contributed by atoms with Gasteiger partial charge in [-0.05, 0) is 44.9 Å². The van der Waals surface area contributed by atoms with Gasteiger partial charge in [0.15, 0.2) is 17.3 Å². The van der Waals surface area contributed by atoms with Gasteiger partial charge < -0.3 is 14.8 Å². The lowest BCUT2D eigenvalue weighted by molar-refractivity contribution is -0.113. The van der Waals surface area contributed by atoms with E-state index in [2.05, 4.69) is 16.4 Å². The Bertz CT molecular complexity index is 1030. The van der Waals surface area contributed by atoms with Gasteiger partial charge in [-0.2, -0.15) is 5.26 Å². The third-order valence-electron chi connectivity index (χ3n) is 4.58. The van der Waals surface area contributed by atoms with Crippen LogP contribution in [0.5, 0.6) is 11.5 Å². The van der Waals surface area contributed by atoms with Crippen LogP contribution < -0.4 is 14.8 Å². The fourth-order valence-corrected chi connectivity index (χ4v) is 3.69. The fourth-order valence-electron chi connectivity index (χ4n) is 2.80. The van der Waals surface area contributed by atoms with Crippen LogP contribution in [0.3, 0.4) is 0 Å². The molecule has 0 atom stereocenters. The zero-order chi connectivity index (χ0) is 20.4. The quantitative estimate of drug-likeness (QED) is 0.608. The van der Waals surface area contributed by atoms with Crippen LogP contribution in [0, 0.1) is 32.1 Å². The van der Waals surface area contributed by atoms with Crippen molar-refractivity contribution in [2.75, 3.05) is 17.9 Å². The Morgan fingerprint density at radius 1 is 1.21 bits per heavy atom. The van der Waals surface area contributed by atoms with Crippen molar-refractivity contribution >= 4 is 29.1 Å². The molecule has 1 aliphatic heterocycles. The predicted octanol–water partition coefficient (Wildman–Crippen LogP) is 3.54. The highest BCUT2D eigenvalue weighted by Crippen LogP contribution is 2.37. The van der Waals surface area contributed by atoms with Crippen LogP contribution in [0.1, 0.15) is 39.7 Å². The highest BCUT2D eigenvalue weighted by molar-refractivity contribution is 8.00. The molecule has 28 heavy (non-hydrogen) atoms. The number of thioether (sulfide) groups is 1. The number of hydrogen-bond acceptors (Lipinski definition) is 7. The van der Waals surface area contributed by atoms with E-state index in [1.807, 2.05) is 20.8 Å². The number of ether oxygens (including phenoxy) is 2. The maximum atomic E-state index is 12.5. The number of benzene rings is 1. The molecule has 1 aromatic carbocycles. The van der Waals surface area contributed by atoms with E-state index in [0.29, 0.717) is 33.3 Å². The highest BCUT2D eigenvalue weighted by atomic mass is 32.2. The molecule has 0 aliphatic carbocycles. The van der Waals surface area contributed by atoms with Crippen LogP contribution in [0.4, 0.5) is 5.69 Å². The van der Waals surface area contributed by atoms with Crippen molar-refractivity contribution in [3.8, 4) is 17.6 Å². The van der Waals surface area contributed by atoms with E-state index in [9.17, 15) is 14.9 Å². The van der Waals surface area contributed by atoms with Gasteiger partial charge in [0.1, 0.15) is 11.1 Å². The number of anilines is 1. The van der Waals surface area contributed by atoms with Crippen LogP contribution in [0.15, 0.2) is 17.2 Å². The van der Waals surface area contributed by atoms with Crippen molar-refractivity contribution in [2.45, 2.75) is 32.7 Å². The van der Waals surface area contributed by atoms with E-state index in [1.54, 1.807) is 12.1 Å². The minimum atomic E-state index is -0.312. The summed E-state index contributed by atoms with van der Waals surface area (Å²) in [6.07, 6.45) is 0. The Morgan fingerprint density at radius 2 is 1.89 bits per heavy atom. The van der Waals surface area contributed by atoms with Crippen molar-refractivity contribution in [3.63, 3.8) is 0 Å². The maximum absolute atomic E-state index is 12.5. The number of carbonyl (C=O) groups excluding carboxylic acids is 2. The summed E-state index contributed by atoms with van der Waals surface area (Å²) in [7, 11) is 0. The molecule has 0 fully saturated rings.